The van der Waals surface area contributed by atoms with Gasteiger partial charge in [0.1, 0.15) is 0 Å². The van der Waals surface area contributed by atoms with Crippen molar-refractivity contribution in [2.45, 2.75) is 83.9 Å². The van der Waals surface area contributed by atoms with Gasteiger partial charge in [0.2, 0.25) is 0 Å². The SMILES string of the molecule is CC(C)CC1(C[C@@H](C)[C@@H]2CCC3(O[Si](C)(C)C)CC23)OCCO1. The van der Waals surface area contributed by atoms with Crippen LogP contribution in [0.5, 0.6) is 0 Å². The van der Waals surface area contributed by atoms with Crippen molar-refractivity contribution in [3.8, 4) is 0 Å². The van der Waals surface area contributed by atoms with E-state index in [2.05, 4.69) is 40.4 Å². The van der Waals surface area contributed by atoms with Crippen LogP contribution in [0.25, 0.3) is 0 Å². The molecule has 2 unspecified atom stereocenters. The standard InChI is InChI=1S/C19H36O3Si/c1-14(2)11-19(20-9-10-21-19)12-15(3)16-7-8-18(13-17(16)18)22-23(4,5)6/h14-17H,7-13H2,1-6H3/t15-,16+,17?,18?/m1/s1. The first-order valence-corrected chi connectivity index (χ1v) is 13.0. The van der Waals surface area contributed by atoms with Crippen molar-refractivity contribution in [2.75, 3.05) is 13.2 Å². The van der Waals surface area contributed by atoms with Crippen molar-refractivity contribution in [3.05, 3.63) is 0 Å². The van der Waals surface area contributed by atoms with Gasteiger partial charge in [-0.1, -0.05) is 20.8 Å². The van der Waals surface area contributed by atoms with E-state index in [4.69, 9.17) is 13.9 Å². The van der Waals surface area contributed by atoms with Crippen LogP contribution in [0.1, 0.15) is 52.9 Å². The second kappa shape index (κ2) is 6.12. The molecule has 1 aliphatic heterocycles. The average molecular weight is 341 g/mol. The Morgan fingerprint density at radius 3 is 2.26 bits per heavy atom. The number of hydrogen-bond donors (Lipinski definition) is 0. The van der Waals surface area contributed by atoms with Gasteiger partial charge in [0, 0.05) is 12.8 Å². The Kier molecular flexibility index (Phi) is 4.76. The van der Waals surface area contributed by atoms with Crippen molar-refractivity contribution < 1.29 is 13.9 Å². The van der Waals surface area contributed by atoms with Gasteiger partial charge in [0.15, 0.2) is 14.1 Å². The minimum atomic E-state index is -1.44. The van der Waals surface area contributed by atoms with Gasteiger partial charge < -0.3 is 13.9 Å². The average Bonchev–Trinajstić information content (AvgIpc) is 2.76. The molecule has 23 heavy (non-hydrogen) atoms. The van der Waals surface area contributed by atoms with Gasteiger partial charge in [-0.05, 0) is 62.6 Å². The second-order valence-corrected chi connectivity index (χ2v) is 14.1. The predicted molar refractivity (Wildman–Crippen MR) is 95.9 cm³/mol. The van der Waals surface area contributed by atoms with Crippen LogP contribution in [0.4, 0.5) is 0 Å². The summed E-state index contributed by atoms with van der Waals surface area (Å²) in [5.74, 6) is 2.54. The monoisotopic (exact) mass is 340 g/mol. The molecular weight excluding hydrogens is 304 g/mol. The highest BCUT2D eigenvalue weighted by Gasteiger charge is 2.64. The topological polar surface area (TPSA) is 27.7 Å². The Labute approximate surface area is 143 Å². The fourth-order valence-electron chi connectivity index (χ4n) is 5.29. The first kappa shape index (κ1) is 17.9. The zero-order valence-corrected chi connectivity index (χ0v) is 17.0. The van der Waals surface area contributed by atoms with Crippen molar-refractivity contribution in [1.82, 2.24) is 0 Å². The van der Waals surface area contributed by atoms with Gasteiger partial charge in [-0.15, -0.1) is 0 Å². The van der Waals surface area contributed by atoms with Crippen LogP contribution in [0.3, 0.4) is 0 Å². The maximum atomic E-state index is 6.58. The lowest BCUT2D eigenvalue weighted by molar-refractivity contribution is -0.182. The predicted octanol–water partition coefficient (Wildman–Crippen LogP) is 4.82. The molecule has 4 heteroatoms. The third kappa shape index (κ3) is 3.86. The van der Waals surface area contributed by atoms with Crippen molar-refractivity contribution >= 4 is 8.32 Å². The molecule has 0 radical (unpaired) electrons. The molecule has 3 fully saturated rings. The van der Waals surface area contributed by atoms with E-state index >= 15 is 0 Å². The minimum Gasteiger partial charge on any atom is -0.412 e. The molecular formula is C19H36O3Si. The largest absolute Gasteiger partial charge is 0.412 e. The molecule has 0 aromatic carbocycles. The number of hydrogen-bond acceptors (Lipinski definition) is 3. The molecule has 1 heterocycles. The van der Waals surface area contributed by atoms with Crippen LogP contribution in [0.2, 0.25) is 19.6 Å². The summed E-state index contributed by atoms with van der Waals surface area (Å²) in [6.07, 6.45) is 5.97. The smallest absolute Gasteiger partial charge is 0.184 e. The molecule has 0 amide bonds. The van der Waals surface area contributed by atoms with Crippen molar-refractivity contribution in [3.63, 3.8) is 0 Å². The fraction of sp³-hybridized carbons (Fsp3) is 1.00. The number of fused-ring (bicyclic) bond motifs is 1. The van der Waals surface area contributed by atoms with E-state index in [9.17, 15) is 0 Å². The lowest BCUT2D eigenvalue weighted by atomic mass is 9.82. The molecule has 1 saturated heterocycles. The van der Waals surface area contributed by atoms with E-state index in [0.717, 1.165) is 37.9 Å². The van der Waals surface area contributed by atoms with Crippen LogP contribution < -0.4 is 0 Å². The van der Waals surface area contributed by atoms with Crippen LogP contribution in [0, 0.1) is 23.7 Å². The molecule has 134 valence electrons. The van der Waals surface area contributed by atoms with E-state index < -0.39 is 8.32 Å². The van der Waals surface area contributed by atoms with Crippen molar-refractivity contribution in [2.24, 2.45) is 23.7 Å². The first-order valence-electron chi connectivity index (χ1n) is 9.63. The molecule has 0 aromatic rings. The third-order valence-corrected chi connectivity index (χ3v) is 6.92. The lowest BCUT2D eigenvalue weighted by Crippen LogP contribution is -2.36. The Morgan fingerprint density at radius 2 is 1.74 bits per heavy atom. The summed E-state index contributed by atoms with van der Waals surface area (Å²) >= 11 is 0. The van der Waals surface area contributed by atoms with E-state index in [0.29, 0.717) is 11.8 Å². The highest BCUT2D eigenvalue weighted by atomic mass is 28.4. The summed E-state index contributed by atoms with van der Waals surface area (Å²) in [7, 11) is -1.44. The Balaban J connectivity index is 1.60. The zero-order chi connectivity index (χ0) is 16.9. The summed E-state index contributed by atoms with van der Waals surface area (Å²) in [5.41, 5.74) is 0.256. The van der Waals surface area contributed by atoms with Crippen LogP contribution >= 0.6 is 0 Å². The molecule has 0 spiro atoms. The quantitative estimate of drug-likeness (QED) is 0.622. The molecule has 3 aliphatic rings. The van der Waals surface area contributed by atoms with Crippen LogP contribution in [-0.2, 0) is 13.9 Å². The normalized spacial score (nSPS) is 37.2. The van der Waals surface area contributed by atoms with Gasteiger partial charge in [0.25, 0.3) is 0 Å². The molecule has 4 atom stereocenters. The van der Waals surface area contributed by atoms with Gasteiger partial charge in [0.05, 0.1) is 18.8 Å². The van der Waals surface area contributed by atoms with E-state index in [1.54, 1.807) is 0 Å². The minimum absolute atomic E-state index is 0.256. The fourth-order valence-corrected chi connectivity index (χ4v) is 6.85. The molecule has 3 rings (SSSR count). The van der Waals surface area contributed by atoms with Crippen LogP contribution in [-0.4, -0.2) is 32.9 Å². The van der Waals surface area contributed by atoms with E-state index in [1.165, 1.54) is 19.3 Å². The van der Waals surface area contributed by atoms with E-state index in [1.807, 2.05) is 0 Å². The first-order chi connectivity index (χ1) is 10.6. The van der Waals surface area contributed by atoms with Gasteiger partial charge >= 0.3 is 0 Å². The summed E-state index contributed by atoms with van der Waals surface area (Å²) in [6.45, 7) is 15.4. The summed E-state index contributed by atoms with van der Waals surface area (Å²) in [5, 5.41) is 0. The van der Waals surface area contributed by atoms with Gasteiger partial charge in [-0.3, -0.25) is 0 Å². The lowest BCUT2D eigenvalue weighted by Gasteiger charge is -2.34. The number of ether oxygens (including phenoxy) is 2. The molecule has 3 nitrogen and oxygen atoms in total. The van der Waals surface area contributed by atoms with Crippen molar-refractivity contribution in [1.29, 1.82) is 0 Å². The maximum absolute atomic E-state index is 6.58. The summed E-state index contributed by atoms with van der Waals surface area (Å²) in [6, 6.07) is 0. The Hall–Kier alpha value is 0.0969. The van der Waals surface area contributed by atoms with Crippen LogP contribution in [0.15, 0.2) is 0 Å². The summed E-state index contributed by atoms with van der Waals surface area (Å²) < 4.78 is 18.8. The Morgan fingerprint density at radius 1 is 1.09 bits per heavy atom. The summed E-state index contributed by atoms with van der Waals surface area (Å²) in [4.78, 5) is 0. The second-order valence-electron chi connectivity index (χ2n) is 9.68. The molecule has 0 bridgehead atoms. The van der Waals surface area contributed by atoms with Gasteiger partial charge in [-0.2, -0.15) is 0 Å². The highest BCUT2D eigenvalue weighted by molar-refractivity contribution is 6.69. The van der Waals surface area contributed by atoms with Gasteiger partial charge in [-0.25, -0.2) is 0 Å². The van der Waals surface area contributed by atoms with E-state index in [-0.39, 0.29) is 11.4 Å². The highest BCUT2D eigenvalue weighted by Crippen LogP contribution is 2.64. The Bertz CT molecular complexity index is 425. The number of rotatable bonds is 7. The third-order valence-electron chi connectivity index (χ3n) is 5.90. The molecule has 2 saturated carbocycles. The maximum Gasteiger partial charge on any atom is 0.184 e. The molecule has 0 N–H and O–H groups in total. The molecule has 2 aliphatic carbocycles. The molecule has 0 aromatic heterocycles. The zero-order valence-electron chi connectivity index (χ0n) is 16.0.